The maximum absolute atomic E-state index is 4.84. The van der Waals surface area contributed by atoms with Gasteiger partial charge in [0.1, 0.15) is 0 Å². The van der Waals surface area contributed by atoms with Crippen LogP contribution in [0.1, 0.15) is 35.9 Å². The van der Waals surface area contributed by atoms with E-state index in [2.05, 4.69) is 71.3 Å². The van der Waals surface area contributed by atoms with Crippen LogP contribution in [0.3, 0.4) is 0 Å². The van der Waals surface area contributed by atoms with Gasteiger partial charge in [-0.15, -0.1) is 11.3 Å². The number of hydrogen-bond donors (Lipinski definition) is 1. The van der Waals surface area contributed by atoms with E-state index in [1.54, 1.807) is 11.3 Å². The Morgan fingerprint density at radius 2 is 2.14 bits per heavy atom. The minimum atomic E-state index is 0.456. The van der Waals surface area contributed by atoms with Crippen LogP contribution in [0.15, 0.2) is 28.7 Å². The van der Waals surface area contributed by atoms with E-state index in [0.29, 0.717) is 5.92 Å². The van der Waals surface area contributed by atoms with E-state index in [1.165, 1.54) is 16.1 Å². The Hall–Kier alpha value is -0.910. The number of benzene rings is 1. The molecule has 1 heterocycles. The molecular formula is C16H22BrN3S. The van der Waals surface area contributed by atoms with Gasteiger partial charge in [0.15, 0.2) is 5.13 Å². The summed E-state index contributed by atoms with van der Waals surface area (Å²) >= 11 is 5.31. The topological polar surface area (TPSA) is 28.2 Å². The molecule has 0 unspecified atom stereocenters. The summed E-state index contributed by atoms with van der Waals surface area (Å²) in [6.45, 7) is 6.15. The number of anilines is 1. The first-order valence-corrected chi connectivity index (χ1v) is 8.72. The summed E-state index contributed by atoms with van der Waals surface area (Å²) in [5.74, 6) is 0.456. The van der Waals surface area contributed by atoms with Crippen molar-refractivity contribution >= 4 is 32.4 Å². The zero-order valence-corrected chi connectivity index (χ0v) is 15.4. The summed E-state index contributed by atoms with van der Waals surface area (Å²) in [4.78, 5) is 8.40. The standard InChI is InChI=1S/C16H22BrN3S/c1-11(2)15-14(9-18-3)21-16(19-15)20(4)10-12-6-5-7-13(17)8-12/h5-8,11,18H,9-10H2,1-4H3. The van der Waals surface area contributed by atoms with E-state index in [9.17, 15) is 0 Å². The van der Waals surface area contributed by atoms with E-state index in [-0.39, 0.29) is 0 Å². The number of rotatable bonds is 6. The third-order valence-electron chi connectivity index (χ3n) is 3.24. The van der Waals surface area contributed by atoms with Crippen molar-refractivity contribution in [1.82, 2.24) is 10.3 Å². The second kappa shape index (κ2) is 7.38. The predicted molar refractivity (Wildman–Crippen MR) is 95.2 cm³/mol. The zero-order valence-electron chi connectivity index (χ0n) is 13.0. The number of thiazole rings is 1. The Morgan fingerprint density at radius 1 is 1.38 bits per heavy atom. The Morgan fingerprint density at radius 3 is 2.76 bits per heavy atom. The fraction of sp³-hybridized carbons (Fsp3) is 0.438. The molecule has 2 rings (SSSR count). The molecule has 5 heteroatoms. The van der Waals surface area contributed by atoms with Crippen LogP contribution < -0.4 is 10.2 Å². The molecule has 0 saturated heterocycles. The molecule has 3 nitrogen and oxygen atoms in total. The van der Waals surface area contributed by atoms with E-state index in [4.69, 9.17) is 4.98 Å². The number of hydrogen-bond acceptors (Lipinski definition) is 4. The molecule has 1 aromatic heterocycles. The van der Waals surface area contributed by atoms with Gasteiger partial charge in [0.25, 0.3) is 0 Å². The highest BCUT2D eigenvalue weighted by molar-refractivity contribution is 9.10. The predicted octanol–water partition coefficient (Wildman–Crippen LogP) is 4.38. The molecule has 0 aliphatic carbocycles. The average Bonchev–Trinajstić information content (AvgIpc) is 2.83. The van der Waals surface area contributed by atoms with Gasteiger partial charge in [0.2, 0.25) is 0 Å². The van der Waals surface area contributed by atoms with Crippen molar-refractivity contribution in [3.8, 4) is 0 Å². The van der Waals surface area contributed by atoms with Gasteiger partial charge in [-0.2, -0.15) is 0 Å². The third kappa shape index (κ3) is 4.28. The summed E-state index contributed by atoms with van der Waals surface area (Å²) in [6.07, 6.45) is 0. The van der Waals surface area contributed by atoms with Gasteiger partial charge in [0.05, 0.1) is 5.69 Å². The van der Waals surface area contributed by atoms with Crippen molar-refractivity contribution in [2.24, 2.45) is 0 Å². The lowest BCUT2D eigenvalue weighted by Crippen LogP contribution is -2.16. The lowest BCUT2D eigenvalue weighted by atomic mass is 10.1. The highest BCUT2D eigenvalue weighted by Gasteiger charge is 2.16. The second-order valence-corrected chi connectivity index (χ2v) is 7.45. The van der Waals surface area contributed by atoms with Crippen LogP contribution in [0.4, 0.5) is 5.13 Å². The van der Waals surface area contributed by atoms with Crippen molar-refractivity contribution in [3.05, 3.63) is 44.9 Å². The summed E-state index contributed by atoms with van der Waals surface area (Å²) in [5, 5.41) is 4.32. The normalized spacial score (nSPS) is 11.1. The molecule has 0 saturated carbocycles. The van der Waals surface area contributed by atoms with Crippen LogP contribution in [0, 0.1) is 0 Å². The highest BCUT2D eigenvalue weighted by Crippen LogP contribution is 2.31. The third-order valence-corrected chi connectivity index (χ3v) is 4.91. The van der Waals surface area contributed by atoms with E-state index in [1.807, 2.05) is 7.05 Å². The van der Waals surface area contributed by atoms with Crippen LogP contribution in [0.2, 0.25) is 0 Å². The molecule has 0 spiro atoms. The number of halogens is 1. The van der Waals surface area contributed by atoms with Crippen molar-refractivity contribution in [3.63, 3.8) is 0 Å². The van der Waals surface area contributed by atoms with Gasteiger partial charge in [-0.05, 0) is 30.7 Å². The Labute approximate surface area is 139 Å². The summed E-state index contributed by atoms with van der Waals surface area (Å²) in [6, 6.07) is 8.42. The van der Waals surface area contributed by atoms with Gasteiger partial charge in [-0.25, -0.2) is 4.98 Å². The molecule has 0 aliphatic heterocycles. The molecule has 0 bridgehead atoms. The van der Waals surface area contributed by atoms with Gasteiger partial charge < -0.3 is 10.2 Å². The van der Waals surface area contributed by atoms with E-state index in [0.717, 1.165) is 22.7 Å². The fourth-order valence-electron chi connectivity index (χ4n) is 2.23. The van der Waals surface area contributed by atoms with Crippen LogP contribution >= 0.6 is 27.3 Å². The van der Waals surface area contributed by atoms with Gasteiger partial charge in [-0.1, -0.05) is 41.9 Å². The van der Waals surface area contributed by atoms with Gasteiger partial charge >= 0.3 is 0 Å². The first kappa shape index (κ1) is 16.5. The van der Waals surface area contributed by atoms with Crippen LogP contribution in [0.5, 0.6) is 0 Å². The minimum absolute atomic E-state index is 0.456. The number of nitrogens with zero attached hydrogens (tertiary/aromatic N) is 2. The lowest BCUT2D eigenvalue weighted by molar-refractivity contribution is 0.768. The van der Waals surface area contributed by atoms with E-state index < -0.39 is 0 Å². The SMILES string of the molecule is CNCc1sc(N(C)Cc2cccc(Br)c2)nc1C(C)C. The van der Waals surface area contributed by atoms with E-state index >= 15 is 0 Å². The van der Waals surface area contributed by atoms with Crippen molar-refractivity contribution < 1.29 is 0 Å². The number of nitrogens with one attached hydrogen (secondary N) is 1. The van der Waals surface area contributed by atoms with Crippen molar-refractivity contribution in [1.29, 1.82) is 0 Å². The maximum Gasteiger partial charge on any atom is 0.185 e. The molecule has 2 aromatic rings. The minimum Gasteiger partial charge on any atom is -0.347 e. The smallest absolute Gasteiger partial charge is 0.185 e. The Balaban J connectivity index is 2.18. The molecule has 0 amide bonds. The van der Waals surface area contributed by atoms with Gasteiger partial charge in [-0.3, -0.25) is 0 Å². The van der Waals surface area contributed by atoms with Crippen LogP contribution in [-0.2, 0) is 13.1 Å². The van der Waals surface area contributed by atoms with Crippen LogP contribution in [0.25, 0.3) is 0 Å². The molecule has 0 radical (unpaired) electrons. The molecular weight excluding hydrogens is 346 g/mol. The zero-order chi connectivity index (χ0) is 15.4. The molecule has 1 N–H and O–H groups in total. The first-order valence-electron chi connectivity index (χ1n) is 7.11. The lowest BCUT2D eigenvalue weighted by Gasteiger charge is -2.16. The first-order chi connectivity index (χ1) is 10.0. The van der Waals surface area contributed by atoms with Crippen molar-refractivity contribution in [2.75, 3.05) is 19.0 Å². The molecule has 21 heavy (non-hydrogen) atoms. The summed E-state index contributed by atoms with van der Waals surface area (Å²) in [5.41, 5.74) is 2.49. The molecule has 0 atom stereocenters. The fourth-order valence-corrected chi connectivity index (χ4v) is 3.86. The Kier molecular flexibility index (Phi) is 5.79. The molecule has 0 fully saturated rings. The summed E-state index contributed by atoms with van der Waals surface area (Å²) in [7, 11) is 4.09. The molecule has 0 aliphatic rings. The number of aromatic nitrogens is 1. The quantitative estimate of drug-likeness (QED) is 0.820. The molecule has 114 valence electrons. The second-order valence-electron chi connectivity index (χ2n) is 5.48. The monoisotopic (exact) mass is 367 g/mol. The average molecular weight is 368 g/mol. The largest absolute Gasteiger partial charge is 0.347 e. The van der Waals surface area contributed by atoms with Crippen LogP contribution in [-0.4, -0.2) is 19.1 Å². The van der Waals surface area contributed by atoms with Gasteiger partial charge in [0, 0.05) is 29.5 Å². The summed E-state index contributed by atoms with van der Waals surface area (Å²) < 4.78 is 1.12. The van der Waals surface area contributed by atoms with Crippen molar-refractivity contribution in [2.45, 2.75) is 32.9 Å². The Bertz CT molecular complexity index is 595. The highest BCUT2D eigenvalue weighted by atomic mass is 79.9. The maximum atomic E-state index is 4.84. The molecule has 1 aromatic carbocycles.